The van der Waals surface area contributed by atoms with Crippen LogP contribution in [0.15, 0.2) is 42.0 Å². The molecule has 60 valence electrons. The van der Waals surface area contributed by atoms with E-state index in [1.165, 1.54) is 16.7 Å². The fraction of sp³-hybridized carbons (Fsp3) is 0.167. The molecule has 0 unspecified atom stereocenters. The van der Waals surface area contributed by atoms with Gasteiger partial charge in [-0.3, -0.25) is 0 Å². The highest BCUT2D eigenvalue weighted by molar-refractivity contribution is 5.60. The molecule has 1 aliphatic carbocycles. The molecule has 0 amide bonds. The van der Waals surface area contributed by atoms with Crippen LogP contribution >= 0.6 is 0 Å². The first-order valence-corrected chi connectivity index (χ1v) is 4.29. The number of benzene rings is 1. The van der Waals surface area contributed by atoms with Gasteiger partial charge in [-0.2, -0.15) is 0 Å². The number of rotatable bonds is 0. The first-order chi connectivity index (χ1) is 5.86. The monoisotopic (exact) mass is 156 g/mol. The molecule has 1 aliphatic rings. The van der Waals surface area contributed by atoms with Crippen molar-refractivity contribution in [2.24, 2.45) is 0 Å². The van der Waals surface area contributed by atoms with E-state index in [1.54, 1.807) is 0 Å². The third kappa shape index (κ3) is 1.33. The van der Waals surface area contributed by atoms with Crippen LogP contribution in [0, 0.1) is 0 Å². The molecule has 0 aliphatic heterocycles. The second-order valence-corrected chi connectivity index (χ2v) is 3.19. The van der Waals surface area contributed by atoms with E-state index in [4.69, 9.17) is 0 Å². The lowest BCUT2D eigenvalue weighted by atomic mass is 10.1. The molecule has 0 atom stereocenters. The van der Waals surface area contributed by atoms with Crippen LogP contribution in [0.25, 0.3) is 6.08 Å². The van der Waals surface area contributed by atoms with E-state index < -0.39 is 0 Å². The van der Waals surface area contributed by atoms with Crippen molar-refractivity contribution in [3.05, 3.63) is 53.1 Å². The normalized spacial score (nSPS) is 14.9. The fourth-order valence-corrected chi connectivity index (χ4v) is 1.53. The summed E-state index contributed by atoms with van der Waals surface area (Å²) in [4.78, 5) is 0. The zero-order chi connectivity index (χ0) is 8.39. The van der Waals surface area contributed by atoms with Crippen LogP contribution in [0.5, 0.6) is 0 Å². The Bertz CT molecular complexity index is 343. The van der Waals surface area contributed by atoms with Crippen LogP contribution in [-0.2, 0) is 6.42 Å². The Balaban J connectivity index is 2.54. The van der Waals surface area contributed by atoms with Gasteiger partial charge in [0.15, 0.2) is 0 Å². The van der Waals surface area contributed by atoms with Crippen molar-refractivity contribution in [3.63, 3.8) is 0 Å². The standard InChI is InChI=1S/C12H12/c1-10-5-4-8-11-6-2-3-7-12(11)9-10/h2-7,9H,8H2,1H3. The van der Waals surface area contributed by atoms with Gasteiger partial charge in [0.05, 0.1) is 0 Å². The number of hydrogen-bond donors (Lipinski definition) is 0. The lowest BCUT2D eigenvalue weighted by molar-refractivity contribution is 1.26. The van der Waals surface area contributed by atoms with Crippen molar-refractivity contribution in [1.29, 1.82) is 0 Å². The van der Waals surface area contributed by atoms with Crippen molar-refractivity contribution >= 4 is 6.08 Å². The number of allylic oxidation sites excluding steroid dienone is 3. The van der Waals surface area contributed by atoms with Gasteiger partial charge in [-0.25, -0.2) is 0 Å². The molecule has 0 radical (unpaired) electrons. The van der Waals surface area contributed by atoms with Gasteiger partial charge >= 0.3 is 0 Å². The Morgan fingerprint density at radius 1 is 1.17 bits per heavy atom. The summed E-state index contributed by atoms with van der Waals surface area (Å²) in [6.07, 6.45) is 7.69. The molecular weight excluding hydrogens is 144 g/mol. The number of fused-ring (bicyclic) bond motifs is 1. The zero-order valence-electron chi connectivity index (χ0n) is 7.25. The Morgan fingerprint density at radius 3 is 2.92 bits per heavy atom. The molecule has 0 saturated heterocycles. The molecule has 1 aromatic carbocycles. The van der Waals surface area contributed by atoms with Crippen LogP contribution < -0.4 is 0 Å². The molecule has 12 heavy (non-hydrogen) atoms. The van der Waals surface area contributed by atoms with Crippen molar-refractivity contribution in [2.75, 3.05) is 0 Å². The minimum absolute atomic E-state index is 1.06. The van der Waals surface area contributed by atoms with Gasteiger partial charge in [0, 0.05) is 0 Å². The van der Waals surface area contributed by atoms with Gasteiger partial charge in [0.2, 0.25) is 0 Å². The highest BCUT2D eigenvalue weighted by atomic mass is 14.0. The molecular formula is C12H12. The quantitative estimate of drug-likeness (QED) is 0.541. The predicted molar refractivity (Wildman–Crippen MR) is 52.9 cm³/mol. The van der Waals surface area contributed by atoms with E-state index in [2.05, 4.69) is 49.4 Å². The lowest BCUT2D eigenvalue weighted by Crippen LogP contribution is -1.83. The van der Waals surface area contributed by atoms with Crippen LogP contribution in [-0.4, -0.2) is 0 Å². The Labute approximate surface area is 73.2 Å². The molecule has 0 bridgehead atoms. The fourth-order valence-electron chi connectivity index (χ4n) is 1.53. The smallest absolute Gasteiger partial charge is 0.00883 e. The first-order valence-electron chi connectivity index (χ1n) is 4.29. The van der Waals surface area contributed by atoms with Crippen molar-refractivity contribution < 1.29 is 0 Å². The average molecular weight is 156 g/mol. The maximum atomic E-state index is 2.23. The van der Waals surface area contributed by atoms with Gasteiger partial charge in [-0.15, -0.1) is 0 Å². The van der Waals surface area contributed by atoms with E-state index >= 15 is 0 Å². The topological polar surface area (TPSA) is 0 Å². The molecule has 1 aromatic rings. The van der Waals surface area contributed by atoms with Gasteiger partial charge < -0.3 is 0 Å². The summed E-state index contributed by atoms with van der Waals surface area (Å²) in [5.74, 6) is 0. The molecule has 0 spiro atoms. The van der Waals surface area contributed by atoms with Gasteiger partial charge in [0.25, 0.3) is 0 Å². The maximum absolute atomic E-state index is 2.23. The van der Waals surface area contributed by atoms with E-state index in [9.17, 15) is 0 Å². The van der Waals surface area contributed by atoms with Crippen molar-refractivity contribution in [2.45, 2.75) is 13.3 Å². The highest BCUT2D eigenvalue weighted by Gasteiger charge is 1.99. The van der Waals surface area contributed by atoms with Gasteiger partial charge in [-0.05, 0) is 24.5 Å². The Morgan fingerprint density at radius 2 is 2.00 bits per heavy atom. The summed E-state index contributed by atoms with van der Waals surface area (Å²) in [5, 5.41) is 0. The summed E-state index contributed by atoms with van der Waals surface area (Å²) in [6.45, 7) is 2.14. The molecule has 0 aromatic heterocycles. The van der Waals surface area contributed by atoms with E-state index in [1.807, 2.05) is 0 Å². The molecule has 0 fully saturated rings. The van der Waals surface area contributed by atoms with E-state index in [0.717, 1.165) is 6.42 Å². The summed E-state index contributed by atoms with van der Waals surface area (Å²) in [7, 11) is 0. The maximum Gasteiger partial charge on any atom is -0.00883 e. The molecule has 0 saturated carbocycles. The zero-order valence-corrected chi connectivity index (χ0v) is 7.25. The SMILES string of the molecule is CC1=Cc2ccccc2CC=C1. The van der Waals surface area contributed by atoms with Crippen LogP contribution in [0.4, 0.5) is 0 Å². The third-order valence-electron chi connectivity index (χ3n) is 2.16. The van der Waals surface area contributed by atoms with Gasteiger partial charge in [0.1, 0.15) is 0 Å². The molecule has 2 rings (SSSR count). The minimum atomic E-state index is 1.06. The molecule has 0 heterocycles. The minimum Gasteiger partial charge on any atom is -0.0798 e. The highest BCUT2D eigenvalue weighted by Crippen LogP contribution is 2.17. The van der Waals surface area contributed by atoms with E-state index in [0.29, 0.717) is 0 Å². The second-order valence-electron chi connectivity index (χ2n) is 3.19. The predicted octanol–water partition coefficient (Wildman–Crippen LogP) is 3.20. The third-order valence-corrected chi connectivity index (χ3v) is 2.16. The summed E-state index contributed by atoms with van der Waals surface area (Å²) in [5.41, 5.74) is 4.12. The molecule has 0 N–H and O–H groups in total. The van der Waals surface area contributed by atoms with Crippen LogP contribution in [0.3, 0.4) is 0 Å². The van der Waals surface area contributed by atoms with Crippen molar-refractivity contribution in [3.8, 4) is 0 Å². The van der Waals surface area contributed by atoms with Crippen molar-refractivity contribution in [1.82, 2.24) is 0 Å². The van der Waals surface area contributed by atoms with Gasteiger partial charge in [-0.1, -0.05) is 48.1 Å². The summed E-state index contributed by atoms with van der Waals surface area (Å²) < 4.78 is 0. The Kier molecular flexibility index (Phi) is 1.83. The lowest BCUT2D eigenvalue weighted by Gasteiger charge is -2.00. The second kappa shape index (κ2) is 2.98. The van der Waals surface area contributed by atoms with Crippen LogP contribution in [0.1, 0.15) is 18.1 Å². The van der Waals surface area contributed by atoms with E-state index in [-0.39, 0.29) is 0 Å². The molecule has 0 heteroatoms. The molecule has 0 nitrogen and oxygen atoms in total. The largest absolute Gasteiger partial charge is 0.0798 e. The Hall–Kier alpha value is -1.30. The average Bonchev–Trinajstić information content (AvgIpc) is 2.25. The summed E-state index contributed by atoms with van der Waals surface area (Å²) >= 11 is 0. The summed E-state index contributed by atoms with van der Waals surface area (Å²) in [6, 6.07) is 8.55. The number of hydrogen-bond acceptors (Lipinski definition) is 0. The first kappa shape index (κ1) is 7.35. The van der Waals surface area contributed by atoms with Crippen LogP contribution in [0.2, 0.25) is 0 Å².